The molecular weight excluding hydrogens is 314 g/mol. The second-order valence-corrected chi connectivity index (χ2v) is 9.48. The minimum atomic E-state index is 0.306. The van der Waals surface area contributed by atoms with E-state index in [0.29, 0.717) is 29.2 Å². The normalized spacial score (nSPS) is 50.1. The fourth-order valence-corrected chi connectivity index (χ4v) is 8.01. The zero-order chi connectivity index (χ0) is 17.3. The number of hydrogen-bond donors (Lipinski definition) is 1. The number of nitrogens with two attached hydrogens (primary N) is 1. The number of allylic oxidation sites excluding steroid dienone is 7. The highest BCUT2D eigenvalue weighted by Crippen LogP contribution is 2.73. The lowest BCUT2D eigenvalue weighted by molar-refractivity contribution is 0.118. The maximum Gasteiger partial charge on any atom is 0.0490 e. The van der Waals surface area contributed by atoms with Gasteiger partial charge in [0.05, 0.1) is 0 Å². The maximum absolute atomic E-state index is 6.55. The van der Waals surface area contributed by atoms with Crippen molar-refractivity contribution in [3.8, 4) is 11.8 Å². The highest BCUT2D eigenvalue weighted by Gasteiger charge is 2.67. The van der Waals surface area contributed by atoms with Crippen LogP contribution in [0.3, 0.4) is 0 Å². The molecule has 0 aromatic carbocycles. The van der Waals surface area contributed by atoms with Crippen LogP contribution in [0.15, 0.2) is 47.6 Å². The van der Waals surface area contributed by atoms with Crippen molar-refractivity contribution in [2.24, 2.45) is 46.7 Å². The first-order valence-electron chi connectivity index (χ1n) is 10.8. The molecule has 1 heteroatoms. The molecule has 0 aromatic heterocycles. The van der Waals surface area contributed by atoms with Crippen molar-refractivity contribution in [1.82, 2.24) is 0 Å². The van der Waals surface area contributed by atoms with Crippen LogP contribution in [-0.4, -0.2) is 6.04 Å². The summed E-state index contributed by atoms with van der Waals surface area (Å²) in [4.78, 5) is 0. The molecule has 6 aliphatic carbocycles. The van der Waals surface area contributed by atoms with Gasteiger partial charge in [-0.15, -0.1) is 0 Å². The molecule has 8 unspecified atom stereocenters. The van der Waals surface area contributed by atoms with Crippen LogP contribution in [0.4, 0.5) is 0 Å². The molecule has 6 rings (SSSR count). The second kappa shape index (κ2) is 5.49. The molecule has 6 aliphatic rings. The molecule has 0 radical (unpaired) electrons. The fourth-order valence-electron chi connectivity index (χ4n) is 8.01. The van der Waals surface area contributed by atoms with E-state index >= 15 is 0 Å². The summed E-state index contributed by atoms with van der Waals surface area (Å²) >= 11 is 0. The zero-order valence-electron chi connectivity index (χ0n) is 15.5. The lowest BCUT2D eigenvalue weighted by atomic mass is 9.56. The monoisotopic (exact) mass is 343 g/mol. The average Bonchev–Trinajstić information content (AvgIpc) is 3.15. The van der Waals surface area contributed by atoms with Crippen molar-refractivity contribution in [1.29, 1.82) is 0 Å². The van der Waals surface area contributed by atoms with Gasteiger partial charge >= 0.3 is 0 Å². The van der Waals surface area contributed by atoms with Crippen molar-refractivity contribution < 1.29 is 0 Å². The van der Waals surface area contributed by atoms with Gasteiger partial charge in [0.25, 0.3) is 0 Å². The van der Waals surface area contributed by atoms with Gasteiger partial charge in [0, 0.05) is 23.3 Å². The van der Waals surface area contributed by atoms with Crippen molar-refractivity contribution in [2.75, 3.05) is 0 Å². The van der Waals surface area contributed by atoms with Crippen LogP contribution >= 0.6 is 0 Å². The molecule has 0 saturated heterocycles. The van der Waals surface area contributed by atoms with Crippen LogP contribution in [0.5, 0.6) is 0 Å². The smallest absolute Gasteiger partial charge is 0.0490 e. The Hall–Kier alpha value is -1.52. The van der Waals surface area contributed by atoms with E-state index in [4.69, 9.17) is 5.73 Å². The van der Waals surface area contributed by atoms with E-state index in [0.717, 1.165) is 30.6 Å². The Morgan fingerprint density at radius 1 is 1.00 bits per heavy atom. The Morgan fingerprint density at radius 3 is 2.85 bits per heavy atom. The van der Waals surface area contributed by atoms with E-state index in [1.165, 1.54) is 32.1 Å². The Bertz CT molecular complexity index is 815. The predicted molar refractivity (Wildman–Crippen MR) is 106 cm³/mol. The van der Waals surface area contributed by atoms with Gasteiger partial charge in [-0.1, -0.05) is 53.4 Å². The summed E-state index contributed by atoms with van der Waals surface area (Å²) in [7, 11) is 0. The molecular formula is C25H29N. The first kappa shape index (κ1) is 15.5. The second-order valence-electron chi connectivity index (χ2n) is 9.48. The van der Waals surface area contributed by atoms with Crippen LogP contribution in [0.2, 0.25) is 0 Å². The van der Waals surface area contributed by atoms with E-state index in [-0.39, 0.29) is 0 Å². The summed E-state index contributed by atoms with van der Waals surface area (Å²) in [6.45, 7) is 0. The van der Waals surface area contributed by atoms with Gasteiger partial charge in [0.1, 0.15) is 0 Å². The third-order valence-corrected chi connectivity index (χ3v) is 8.67. The number of rotatable bonds is 0. The minimum Gasteiger partial charge on any atom is -0.327 e. The first-order chi connectivity index (χ1) is 12.8. The standard InChI is InChI=1S/C25H29N/c26-16-13-14-20-19-9-3-6-12-23(19)25(24(20)15-16)21-10-4-1-7-17(21)18-8-2-5-11-22(18)25/h1,5-7,11-12,16-19,21-23H,2,4,8,10,13-15,26H2. The summed E-state index contributed by atoms with van der Waals surface area (Å²) in [5.74, 6) is 11.1. The molecule has 1 fully saturated rings. The average molecular weight is 344 g/mol. The molecule has 8 atom stereocenters. The van der Waals surface area contributed by atoms with E-state index < -0.39 is 0 Å². The van der Waals surface area contributed by atoms with Gasteiger partial charge in [-0.05, 0) is 74.7 Å². The summed E-state index contributed by atoms with van der Waals surface area (Å²) in [5, 5.41) is 0. The molecule has 0 heterocycles. The third-order valence-electron chi connectivity index (χ3n) is 8.67. The van der Waals surface area contributed by atoms with E-state index in [2.05, 4.69) is 48.3 Å². The lowest BCUT2D eigenvalue weighted by Gasteiger charge is -2.47. The third kappa shape index (κ3) is 1.77. The summed E-state index contributed by atoms with van der Waals surface area (Å²) in [6, 6.07) is 0.354. The molecule has 0 amide bonds. The summed E-state index contributed by atoms with van der Waals surface area (Å²) < 4.78 is 0. The molecule has 1 spiro atoms. The number of fused-ring (bicyclic) bond motifs is 9. The summed E-state index contributed by atoms with van der Waals surface area (Å²) in [5.41, 5.74) is 10.3. The molecule has 2 N–H and O–H groups in total. The molecule has 0 aliphatic heterocycles. The van der Waals surface area contributed by atoms with Crippen molar-refractivity contribution in [3.63, 3.8) is 0 Å². The van der Waals surface area contributed by atoms with Gasteiger partial charge in [0.2, 0.25) is 0 Å². The molecule has 0 aromatic rings. The lowest BCUT2D eigenvalue weighted by Crippen LogP contribution is -2.42. The molecule has 26 heavy (non-hydrogen) atoms. The molecule has 1 saturated carbocycles. The highest BCUT2D eigenvalue weighted by molar-refractivity contribution is 5.49. The maximum atomic E-state index is 6.55. The first-order valence-corrected chi connectivity index (χ1v) is 10.8. The number of hydrogen-bond acceptors (Lipinski definition) is 1. The van der Waals surface area contributed by atoms with Crippen LogP contribution in [0.25, 0.3) is 0 Å². The Labute approximate surface area is 157 Å². The van der Waals surface area contributed by atoms with Gasteiger partial charge in [-0.2, -0.15) is 0 Å². The summed E-state index contributed by atoms with van der Waals surface area (Å²) in [6.07, 6.45) is 23.6. The van der Waals surface area contributed by atoms with E-state index in [9.17, 15) is 0 Å². The zero-order valence-corrected chi connectivity index (χ0v) is 15.5. The van der Waals surface area contributed by atoms with Crippen molar-refractivity contribution in [3.05, 3.63) is 47.6 Å². The van der Waals surface area contributed by atoms with Crippen LogP contribution in [0, 0.1) is 52.8 Å². The molecule has 0 bridgehead atoms. The fraction of sp³-hybridized carbons (Fsp3) is 0.600. The SMILES string of the molecule is NC1CCC2=C(C1)C1(C3C=CC#CC23)C2C=CCCC2C2C=CCCC21. The topological polar surface area (TPSA) is 26.0 Å². The molecule has 134 valence electrons. The van der Waals surface area contributed by atoms with Gasteiger partial charge < -0.3 is 5.73 Å². The van der Waals surface area contributed by atoms with E-state index in [1.54, 1.807) is 11.1 Å². The van der Waals surface area contributed by atoms with Crippen LogP contribution < -0.4 is 5.73 Å². The quantitative estimate of drug-likeness (QED) is 0.497. The van der Waals surface area contributed by atoms with Crippen molar-refractivity contribution in [2.45, 2.75) is 51.0 Å². The Kier molecular flexibility index (Phi) is 3.28. The van der Waals surface area contributed by atoms with Gasteiger partial charge in [-0.25, -0.2) is 0 Å². The van der Waals surface area contributed by atoms with Gasteiger partial charge in [-0.3, -0.25) is 0 Å². The predicted octanol–water partition coefficient (Wildman–Crippen LogP) is 4.78. The molecule has 1 nitrogen and oxygen atoms in total. The van der Waals surface area contributed by atoms with E-state index in [1.807, 2.05) is 0 Å². The largest absolute Gasteiger partial charge is 0.327 e. The minimum absolute atomic E-state index is 0.306. The Morgan fingerprint density at radius 2 is 1.88 bits per heavy atom. The Balaban J connectivity index is 1.60. The van der Waals surface area contributed by atoms with Gasteiger partial charge in [0.15, 0.2) is 0 Å². The van der Waals surface area contributed by atoms with Crippen LogP contribution in [0.1, 0.15) is 44.9 Å². The van der Waals surface area contributed by atoms with Crippen molar-refractivity contribution >= 4 is 0 Å². The highest BCUT2D eigenvalue weighted by atomic mass is 14.7. The van der Waals surface area contributed by atoms with Crippen LogP contribution in [-0.2, 0) is 0 Å².